The predicted molar refractivity (Wildman–Crippen MR) is 122 cm³/mol. The Morgan fingerprint density at radius 1 is 1.03 bits per heavy atom. The van der Waals surface area contributed by atoms with Crippen LogP contribution in [0.2, 0.25) is 0 Å². The second kappa shape index (κ2) is 10.4. The second-order valence-electron chi connectivity index (χ2n) is 8.83. The molecule has 188 valence electrons. The molecule has 2 unspecified atom stereocenters. The Bertz CT molecular complexity index is 1060. The zero-order valence-electron chi connectivity index (χ0n) is 19.3. The van der Waals surface area contributed by atoms with Gasteiger partial charge in [0, 0.05) is 18.9 Å². The molecular formula is C25H27F3N2O5. The highest BCUT2D eigenvalue weighted by Crippen LogP contribution is 2.44. The minimum absolute atomic E-state index is 0.0899. The van der Waals surface area contributed by atoms with E-state index in [0.29, 0.717) is 6.92 Å². The molecular weight excluding hydrogens is 465 g/mol. The van der Waals surface area contributed by atoms with Gasteiger partial charge in [-0.05, 0) is 41.5 Å². The van der Waals surface area contributed by atoms with Crippen molar-refractivity contribution in [3.05, 3.63) is 59.7 Å². The number of halogens is 3. The number of carboxylic acids is 1. The summed E-state index contributed by atoms with van der Waals surface area (Å²) in [6.07, 6.45) is -5.83. The van der Waals surface area contributed by atoms with Crippen molar-refractivity contribution in [3.63, 3.8) is 0 Å². The number of fused-ring (bicyclic) bond motifs is 3. The quantitative estimate of drug-likeness (QED) is 0.479. The first-order valence-corrected chi connectivity index (χ1v) is 11.1. The van der Waals surface area contributed by atoms with Gasteiger partial charge < -0.3 is 20.5 Å². The smallest absolute Gasteiger partial charge is 0.422 e. The number of aliphatic carboxylic acids is 1. The number of amides is 2. The van der Waals surface area contributed by atoms with Gasteiger partial charge in [-0.15, -0.1) is 0 Å². The number of nitrogens with one attached hydrogen (secondary N) is 2. The van der Waals surface area contributed by atoms with Crippen molar-refractivity contribution in [2.75, 3.05) is 13.2 Å². The van der Waals surface area contributed by atoms with Crippen LogP contribution in [-0.2, 0) is 14.3 Å². The molecule has 7 nitrogen and oxygen atoms in total. The molecule has 0 saturated carbocycles. The van der Waals surface area contributed by atoms with E-state index >= 15 is 0 Å². The Morgan fingerprint density at radius 2 is 1.57 bits per heavy atom. The van der Waals surface area contributed by atoms with E-state index < -0.39 is 35.6 Å². The highest BCUT2D eigenvalue weighted by atomic mass is 19.4. The van der Waals surface area contributed by atoms with E-state index in [1.165, 1.54) is 0 Å². The van der Waals surface area contributed by atoms with Gasteiger partial charge >= 0.3 is 18.2 Å². The van der Waals surface area contributed by atoms with Crippen LogP contribution in [0.15, 0.2) is 48.5 Å². The van der Waals surface area contributed by atoms with Crippen LogP contribution in [0, 0.1) is 5.92 Å². The molecule has 1 aliphatic rings. The molecule has 35 heavy (non-hydrogen) atoms. The lowest BCUT2D eigenvalue weighted by Gasteiger charge is -2.29. The molecule has 3 N–H and O–H groups in total. The van der Waals surface area contributed by atoms with Crippen LogP contribution in [-0.4, -0.2) is 47.9 Å². The maximum Gasteiger partial charge on any atom is 0.422 e. The van der Waals surface area contributed by atoms with Crippen LogP contribution in [0.3, 0.4) is 0 Å². The molecule has 10 heteroatoms. The fourth-order valence-electron chi connectivity index (χ4n) is 4.06. The minimum Gasteiger partial charge on any atom is -0.479 e. The van der Waals surface area contributed by atoms with Gasteiger partial charge in [-0.3, -0.25) is 4.79 Å². The largest absolute Gasteiger partial charge is 0.479 e. The second-order valence-corrected chi connectivity index (χ2v) is 8.83. The SMILES string of the molecule is CC(CCNC(=O)OCC1c2ccccc2-c2ccccc21)CC(=O)NC(C)(C(=O)O)C(F)(F)F. The lowest BCUT2D eigenvalue weighted by Crippen LogP contribution is -2.62. The van der Waals surface area contributed by atoms with E-state index in [1.54, 1.807) is 12.2 Å². The summed E-state index contributed by atoms with van der Waals surface area (Å²) >= 11 is 0. The molecule has 0 spiro atoms. The van der Waals surface area contributed by atoms with Crippen LogP contribution in [0.1, 0.15) is 43.7 Å². The summed E-state index contributed by atoms with van der Waals surface area (Å²) in [7, 11) is 0. The number of alkyl carbamates (subject to hydrolysis) is 1. The van der Waals surface area contributed by atoms with Gasteiger partial charge in [0.05, 0.1) is 0 Å². The van der Waals surface area contributed by atoms with Crippen molar-refractivity contribution >= 4 is 18.0 Å². The molecule has 0 bridgehead atoms. The van der Waals surface area contributed by atoms with Crippen molar-refractivity contribution in [3.8, 4) is 11.1 Å². The molecule has 2 aromatic carbocycles. The van der Waals surface area contributed by atoms with E-state index in [2.05, 4.69) is 5.32 Å². The van der Waals surface area contributed by atoms with Gasteiger partial charge in [-0.1, -0.05) is 55.5 Å². The third kappa shape index (κ3) is 5.75. The summed E-state index contributed by atoms with van der Waals surface area (Å²) in [6, 6.07) is 15.8. The molecule has 0 aliphatic heterocycles. The minimum atomic E-state index is -5.15. The lowest BCUT2D eigenvalue weighted by atomic mass is 9.98. The zero-order chi connectivity index (χ0) is 25.8. The molecule has 3 rings (SSSR count). The number of carbonyl (C=O) groups excluding carboxylic acids is 2. The first-order chi connectivity index (χ1) is 16.4. The molecule has 0 saturated heterocycles. The van der Waals surface area contributed by atoms with Gasteiger partial charge in [-0.25, -0.2) is 9.59 Å². The number of benzene rings is 2. The first kappa shape index (κ1) is 26.1. The van der Waals surface area contributed by atoms with Gasteiger partial charge in [-0.2, -0.15) is 13.2 Å². The fraction of sp³-hybridized carbons (Fsp3) is 0.400. The van der Waals surface area contributed by atoms with Gasteiger partial charge in [0.15, 0.2) is 0 Å². The average molecular weight is 492 g/mol. The lowest BCUT2D eigenvalue weighted by molar-refractivity contribution is -0.207. The van der Waals surface area contributed by atoms with Crippen LogP contribution in [0.25, 0.3) is 11.1 Å². The summed E-state index contributed by atoms with van der Waals surface area (Å²) in [6.45, 7) is 2.30. The molecule has 2 amide bonds. The molecule has 0 heterocycles. The number of hydrogen-bond donors (Lipinski definition) is 3. The zero-order valence-corrected chi connectivity index (χ0v) is 19.3. The summed E-state index contributed by atoms with van der Waals surface area (Å²) in [5.41, 5.74) is 0.993. The molecule has 1 aliphatic carbocycles. The summed E-state index contributed by atoms with van der Waals surface area (Å²) < 4.78 is 44.5. The maximum absolute atomic E-state index is 13.0. The molecule has 0 fully saturated rings. The van der Waals surface area contributed by atoms with Crippen molar-refractivity contribution in [1.82, 2.24) is 10.6 Å². The summed E-state index contributed by atoms with van der Waals surface area (Å²) in [5, 5.41) is 13.0. The monoisotopic (exact) mass is 492 g/mol. The Morgan fingerprint density at radius 3 is 2.09 bits per heavy atom. The van der Waals surface area contributed by atoms with E-state index in [9.17, 15) is 27.6 Å². The summed E-state index contributed by atoms with van der Waals surface area (Å²) in [4.78, 5) is 35.2. The van der Waals surface area contributed by atoms with Gasteiger partial charge in [0.2, 0.25) is 11.4 Å². The third-order valence-corrected chi connectivity index (χ3v) is 6.17. The molecule has 2 aromatic rings. The van der Waals surface area contributed by atoms with E-state index in [0.717, 1.165) is 22.3 Å². The highest BCUT2D eigenvalue weighted by Gasteiger charge is 2.58. The van der Waals surface area contributed by atoms with Gasteiger partial charge in [0.1, 0.15) is 6.61 Å². The van der Waals surface area contributed by atoms with E-state index in [-0.39, 0.29) is 31.9 Å². The van der Waals surface area contributed by atoms with Crippen molar-refractivity contribution < 1.29 is 37.4 Å². The summed E-state index contributed by atoms with van der Waals surface area (Å²) in [5.74, 6) is -3.73. The number of alkyl halides is 3. The fourth-order valence-corrected chi connectivity index (χ4v) is 4.06. The number of hydrogen-bond acceptors (Lipinski definition) is 4. The Labute approximate surface area is 200 Å². The van der Waals surface area contributed by atoms with Crippen molar-refractivity contribution in [2.24, 2.45) is 5.92 Å². The standard InChI is InChI=1S/C25H27F3N2O5/c1-15(13-21(31)30-24(2,22(32)33)25(26,27)28)11-12-29-23(34)35-14-20-18-9-5-3-7-16(18)17-8-4-6-10-19(17)20/h3-10,15,20H,11-14H2,1-2H3,(H,29,34)(H,30,31)(H,32,33). The number of rotatable bonds is 9. The molecule has 2 atom stereocenters. The highest BCUT2D eigenvalue weighted by molar-refractivity contribution is 5.87. The Hall–Kier alpha value is -3.56. The van der Waals surface area contributed by atoms with E-state index in [1.807, 2.05) is 48.5 Å². The predicted octanol–water partition coefficient (Wildman–Crippen LogP) is 4.46. The topological polar surface area (TPSA) is 105 Å². The maximum atomic E-state index is 13.0. The Balaban J connectivity index is 1.45. The number of ether oxygens (including phenoxy) is 1. The van der Waals surface area contributed by atoms with Crippen LogP contribution in [0.4, 0.5) is 18.0 Å². The number of carbonyl (C=O) groups is 3. The normalized spacial score (nSPS) is 15.3. The Kier molecular flexibility index (Phi) is 7.72. The first-order valence-electron chi connectivity index (χ1n) is 11.1. The third-order valence-electron chi connectivity index (χ3n) is 6.17. The molecule has 0 radical (unpaired) electrons. The van der Waals surface area contributed by atoms with Crippen LogP contribution >= 0.6 is 0 Å². The van der Waals surface area contributed by atoms with Crippen LogP contribution in [0.5, 0.6) is 0 Å². The van der Waals surface area contributed by atoms with Gasteiger partial charge in [0.25, 0.3) is 0 Å². The van der Waals surface area contributed by atoms with Crippen molar-refractivity contribution in [1.29, 1.82) is 0 Å². The van der Waals surface area contributed by atoms with Crippen LogP contribution < -0.4 is 10.6 Å². The number of carboxylic acid groups (broad SMARTS) is 1. The van der Waals surface area contributed by atoms with Crippen molar-refractivity contribution in [2.45, 2.75) is 44.3 Å². The average Bonchev–Trinajstić information content (AvgIpc) is 3.10. The van der Waals surface area contributed by atoms with E-state index in [4.69, 9.17) is 9.84 Å². The molecule has 0 aromatic heterocycles.